The fourth-order valence-corrected chi connectivity index (χ4v) is 1.96. The van der Waals surface area contributed by atoms with Crippen molar-refractivity contribution in [1.29, 1.82) is 0 Å². The maximum absolute atomic E-state index is 12.0. The van der Waals surface area contributed by atoms with Gasteiger partial charge in [-0.05, 0) is 29.8 Å². The summed E-state index contributed by atoms with van der Waals surface area (Å²) in [7, 11) is 0. The van der Waals surface area contributed by atoms with Crippen LogP contribution in [0.1, 0.15) is 22.8 Å². The standard InChI is InChI=1S/C18H15NO5/c1-12(20)24-15-9-5-8-14(10-15)16(18(22)23)11-19-17(21)13-6-3-2-4-7-13/h2-11H,1H3,(H,19,21)(H,22,23)/p-1/b16-11-. The normalized spacial score (nSPS) is 10.8. The number of hydrogen-bond acceptors (Lipinski definition) is 5. The number of carbonyl (C=O) groups excluding carboxylic acids is 3. The summed E-state index contributed by atoms with van der Waals surface area (Å²) in [5, 5.41) is 13.8. The lowest BCUT2D eigenvalue weighted by molar-refractivity contribution is -0.295. The average molecular weight is 324 g/mol. The van der Waals surface area contributed by atoms with E-state index in [2.05, 4.69) is 5.32 Å². The van der Waals surface area contributed by atoms with E-state index in [-0.39, 0.29) is 16.9 Å². The van der Waals surface area contributed by atoms with E-state index in [1.807, 2.05) is 0 Å². The van der Waals surface area contributed by atoms with Crippen LogP contribution in [0.4, 0.5) is 0 Å². The monoisotopic (exact) mass is 324 g/mol. The molecule has 0 aliphatic heterocycles. The number of ether oxygens (including phenoxy) is 1. The summed E-state index contributed by atoms with van der Waals surface area (Å²) in [6.45, 7) is 1.24. The van der Waals surface area contributed by atoms with Crippen LogP contribution in [0.2, 0.25) is 0 Å². The van der Waals surface area contributed by atoms with Gasteiger partial charge in [0.05, 0.1) is 5.97 Å². The quantitative estimate of drug-likeness (QED) is 0.505. The third kappa shape index (κ3) is 4.54. The van der Waals surface area contributed by atoms with E-state index in [9.17, 15) is 19.5 Å². The number of carboxylic acid groups (broad SMARTS) is 1. The first-order valence-electron chi connectivity index (χ1n) is 7.03. The minimum Gasteiger partial charge on any atom is -0.545 e. The molecule has 6 nitrogen and oxygen atoms in total. The molecule has 0 aliphatic rings. The largest absolute Gasteiger partial charge is 0.545 e. The zero-order valence-corrected chi connectivity index (χ0v) is 12.8. The number of amides is 1. The lowest BCUT2D eigenvalue weighted by Gasteiger charge is -2.11. The van der Waals surface area contributed by atoms with Crippen LogP contribution in [0.15, 0.2) is 60.8 Å². The maximum Gasteiger partial charge on any atom is 0.308 e. The van der Waals surface area contributed by atoms with Crippen LogP contribution >= 0.6 is 0 Å². The number of esters is 1. The Bertz CT molecular complexity index is 796. The van der Waals surface area contributed by atoms with Crippen LogP contribution in [0.5, 0.6) is 5.75 Å². The van der Waals surface area contributed by atoms with Gasteiger partial charge in [0.15, 0.2) is 0 Å². The molecule has 2 rings (SSSR count). The van der Waals surface area contributed by atoms with Gasteiger partial charge >= 0.3 is 5.97 Å². The van der Waals surface area contributed by atoms with Gasteiger partial charge in [0.1, 0.15) is 5.75 Å². The van der Waals surface area contributed by atoms with Crippen molar-refractivity contribution in [1.82, 2.24) is 5.32 Å². The first kappa shape index (κ1) is 17.0. The Morgan fingerprint density at radius 1 is 1.00 bits per heavy atom. The molecule has 1 N–H and O–H groups in total. The van der Waals surface area contributed by atoms with Gasteiger partial charge in [0.25, 0.3) is 5.91 Å². The van der Waals surface area contributed by atoms with Crippen LogP contribution < -0.4 is 15.2 Å². The molecule has 0 radical (unpaired) electrons. The number of hydrogen-bond donors (Lipinski definition) is 1. The van der Waals surface area contributed by atoms with E-state index in [1.54, 1.807) is 30.3 Å². The van der Waals surface area contributed by atoms with E-state index in [0.717, 1.165) is 6.20 Å². The van der Waals surface area contributed by atoms with Crippen molar-refractivity contribution in [3.8, 4) is 5.75 Å². The maximum atomic E-state index is 12.0. The molecule has 0 heterocycles. The van der Waals surface area contributed by atoms with Gasteiger partial charge in [-0.15, -0.1) is 0 Å². The molecule has 0 spiro atoms. The molecule has 0 aromatic heterocycles. The molecule has 122 valence electrons. The van der Waals surface area contributed by atoms with Crippen molar-refractivity contribution in [2.75, 3.05) is 0 Å². The Hall–Kier alpha value is -3.41. The van der Waals surface area contributed by atoms with E-state index in [1.165, 1.54) is 31.2 Å². The molecular formula is C18H14NO5-. The zero-order valence-electron chi connectivity index (χ0n) is 12.8. The Morgan fingerprint density at radius 3 is 2.29 bits per heavy atom. The highest BCUT2D eigenvalue weighted by atomic mass is 16.5. The Kier molecular flexibility index (Phi) is 5.46. The summed E-state index contributed by atoms with van der Waals surface area (Å²) in [6, 6.07) is 14.3. The van der Waals surface area contributed by atoms with Crippen LogP contribution in [0.25, 0.3) is 5.57 Å². The molecule has 0 aliphatic carbocycles. The molecule has 2 aromatic rings. The number of carbonyl (C=O) groups is 3. The molecule has 1 amide bonds. The summed E-state index contributed by atoms with van der Waals surface area (Å²) in [4.78, 5) is 34.3. The highest BCUT2D eigenvalue weighted by molar-refractivity contribution is 6.14. The predicted molar refractivity (Wildman–Crippen MR) is 84.6 cm³/mol. The molecule has 6 heteroatoms. The SMILES string of the molecule is CC(=O)Oc1cccc(/C(=C/NC(=O)c2ccccc2)C(=O)[O-])c1. The fraction of sp³-hybridized carbons (Fsp3) is 0.0556. The molecule has 0 saturated heterocycles. The Morgan fingerprint density at radius 2 is 1.67 bits per heavy atom. The topological polar surface area (TPSA) is 95.5 Å². The van der Waals surface area contributed by atoms with Crippen molar-refractivity contribution in [3.63, 3.8) is 0 Å². The Balaban J connectivity index is 2.24. The van der Waals surface area contributed by atoms with Crippen LogP contribution in [-0.4, -0.2) is 17.8 Å². The summed E-state index contributed by atoms with van der Waals surface area (Å²) in [5.74, 6) is -2.25. The van der Waals surface area contributed by atoms with Gasteiger partial charge in [-0.1, -0.05) is 30.3 Å². The van der Waals surface area contributed by atoms with Gasteiger partial charge in [-0.25, -0.2) is 0 Å². The Labute approximate surface area is 138 Å². The number of nitrogens with one attached hydrogen (secondary N) is 1. The van der Waals surface area contributed by atoms with Crippen molar-refractivity contribution in [2.24, 2.45) is 0 Å². The lowest BCUT2D eigenvalue weighted by Crippen LogP contribution is -2.26. The van der Waals surface area contributed by atoms with Crippen molar-refractivity contribution >= 4 is 23.4 Å². The van der Waals surface area contributed by atoms with Gasteiger partial charge in [0, 0.05) is 24.3 Å². The zero-order chi connectivity index (χ0) is 17.5. The van der Waals surface area contributed by atoms with Crippen LogP contribution in [-0.2, 0) is 9.59 Å². The van der Waals surface area contributed by atoms with Crippen LogP contribution in [0, 0.1) is 0 Å². The van der Waals surface area contributed by atoms with Crippen molar-refractivity contribution in [2.45, 2.75) is 6.92 Å². The van der Waals surface area contributed by atoms with E-state index >= 15 is 0 Å². The summed E-state index contributed by atoms with van der Waals surface area (Å²) in [6.07, 6.45) is 1.05. The smallest absolute Gasteiger partial charge is 0.308 e. The molecule has 0 bridgehead atoms. The average Bonchev–Trinajstić information content (AvgIpc) is 2.55. The van der Waals surface area contributed by atoms with Gasteiger partial charge in [-0.2, -0.15) is 0 Å². The first-order chi connectivity index (χ1) is 11.5. The molecule has 24 heavy (non-hydrogen) atoms. The number of benzene rings is 2. The summed E-state index contributed by atoms with van der Waals surface area (Å²) >= 11 is 0. The molecule has 0 saturated carbocycles. The first-order valence-corrected chi connectivity index (χ1v) is 7.03. The molecular weight excluding hydrogens is 310 g/mol. The molecule has 0 atom stereocenters. The van der Waals surface area contributed by atoms with Gasteiger partial charge in [0.2, 0.25) is 0 Å². The highest BCUT2D eigenvalue weighted by Crippen LogP contribution is 2.20. The minimum atomic E-state index is -1.47. The second-order valence-electron chi connectivity index (χ2n) is 4.81. The lowest BCUT2D eigenvalue weighted by atomic mass is 10.1. The van der Waals surface area contributed by atoms with Crippen molar-refractivity contribution in [3.05, 3.63) is 71.9 Å². The fourth-order valence-electron chi connectivity index (χ4n) is 1.96. The highest BCUT2D eigenvalue weighted by Gasteiger charge is 2.08. The molecule has 0 unspecified atom stereocenters. The number of aliphatic carboxylic acids is 1. The molecule has 0 fully saturated rings. The summed E-state index contributed by atoms with van der Waals surface area (Å²) in [5.41, 5.74) is 0.385. The van der Waals surface area contributed by atoms with Gasteiger partial charge < -0.3 is 20.0 Å². The van der Waals surface area contributed by atoms with E-state index in [4.69, 9.17) is 4.74 Å². The third-order valence-corrected chi connectivity index (χ3v) is 3.01. The van der Waals surface area contributed by atoms with Gasteiger partial charge in [-0.3, -0.25) is 9.59 Å². The van der Waals surface area contributed by atoms with E-state index in [0.29, 0.717) is 5.56 Å². The third-order valence-electron chi connectivity index (χ3n) is 3.01. The summed E-state index contributed by atoms with van der Waals surface area (Å²) < 4.78 is 4.91. The van der Waals surface area contributed by atoms with E-state index < -0.39 is 17.8 Å². The molecule has 2 aromatic carbocycles. The van der Waals surface area contributed by atoms with Crippen molar-refractivity contribution < 1.29 is 24.2 Å². The van der Waals surface area contributed by atoms with Crippen LogP contribution in [0.3, 0.4) is 0 Å². The number of rotatable bonds is 5. The number of carboxylic acids is 1. The predicted octanol–water partition coefficient (Wildman–Crippen LogP) is 1.13. The second-order valence-corrected chi connectivity index (χ2v) is 4.81. The minimum absolute atomic E-state index is 0.196. The second kappa shape index (κ2) is 7.73.